The van der Waals surface area contributed by atoms with Gasteiger partial charge < -0.3 is 14.2 Å². The molecule has 0 amide bonds. The van der Waals surface area contributed by atoms with Gasteiger partial charge in [-0.15, -0.1) is 0 Å². The molecule has 3 heteroatoms. The lowest BCUT2D eigenvalue weighted by atomic mass is 9.48. The first kappa shape index (κ1) is 18.7. The van der Waals surface area contributed by atoms with Crippen LogP contribution >= 0.6 is 0 Å². The van der Waals surface area contributed by atoms with Crippen molar-refractivity contribution in [2.45, 2.75) is 77.7 Å². The largest absolute Gasteiger partial charge is 0.379 e. The van der Waals surface area contributed by atoms with Crippen molar-refractivity contribution in [1.82, 2.24) is 0 Å². The van der Waals surface area contributed by atoms with E-state index in [1.807, 2.05) is 6.92 Å². The third-order valence-electron chi connectivity index (χ3n) is 6.71. The van der Waals surface area contributed by atoms with Crippen LogP contribution in [0.25, 0.3) is 0 Å². The van der Waals surface area contributed by atoms with Crippen LogP contribution in [0.4, 0.5) is 0 Å². The van der Waals surface area contributed by atoms with Gasteiger partial charge in [-0.25, -0.2) is 0 Å². The zero-order valence-electron chi connectivity index (χ0n) is 15.9. The Balaban J connectivity index is 1.48. The van der Waals surface area contributed by atoms with E-state index in [9.17, 15) is 0 Å². The molecular weight excluding hydrogens is 300 g/mol. The highest BCUT2D eigenvalue weighted by atomic mass is 16.5. The predicted octanol–water partition coefficient (Wildman–Crippen LogP) is 4.83. The van der Waals surface area contributed by atoms with Crippen LogP contribution in [0.2, 0.25) is 0 Å². The van der Waals surface area contributed by atoms with Crippen molar-refractivity contribution in [1.29, 1.82) is 0 Å². The summed E-state index contributed by atoms with van der Waals surface area (Å²) in [6.07, 6.45) is 13.2. The Morgan fingerprint density at radius 3 is 2.00 bits per heavy atom. The number of unbranched alkanes of at least 4 members (excludes halogenated alkanes) is 1. The molecule has 4 saturated carbocycles. The van der Waals surface area contributed by atoms with Crippen LogP contribution < -0.4 is 0 Å². The van der Waals surface area contributed by atoms with Crippen molar-refractivity contribution in [3.63, 3.8) is 0 Å². The molecule has 1 atom stereocenters. The topological polar surface area (TPSA) is 27.7 Å². The smallest absolute Gasteiger partial charge is 0.0704 e. The average molecular weight is 339 g/mol. The normalized spacial score (nSPS) is 35.5. The van der Waals surface area contributed by atoms with E-state index in [1.54, 1.807) is 0 Å². The molecule has 4 rings (SSSR count). The monoisotopic (exact) mass is 338 g/mol. The van der Waals surface area contributed by atoms with Crippen LogP contribution in [-0.2, 0) is 14.2 Å². The summed E-state index contributed by atoms with van der Waals surface area (Å²) in [6.45, 7) is 7.94. The quantitative estimate of drug-likeness (QED) is 0.477. The Morgan fingerprint density at radius 2 is 1.42 bits per heavy atom. The predicted molar refractivity (Wildman–Crippen MR) is 97.2 cm³/mol. The van der Waals surface area contributed by atoms with Crippen LogP contribution in [0.15, 0.2) is 0 Å². The molecule has 0 saturated heterocycles. The first-order chi connectivity index (χ1) is 11.8. The molecule has 0 spiro atoms. The Morgan fingerprint density at radius 1 is 0.833 bits per heavy atom. The molecule has 0 radical (unpaired) electrons. The van der Waals surface area contributed by atoms with Gasteiger partial charge in [-0.05, 0) is 75.0 Å². The van der Waals surface area contributed by atoms with Crippen LogP contribution in [0.5, 0.6) is 0 Å². The van der Waals surface area contributed by atoms with Crippen LogP contribution in [0.1, 0.15) is 71.6 Å². The molecule has 0 heterocycles. The summed E-state index contributed by atoms with van der Waals surface area (Å²) < 4.78 is 17.4. The Labute approximate surface area is 148 Å². The summed E-state index contributed by atoms with van der Waals surface area (Å²) in [6, 6.07) is 0. The first-order valence-corrected chi connectivity index (χ1v) is 10.5. The van der Waals surface area contributed by atoms with Gasteiger partial charge in [-0.3, -0.25) is 0 Å². The summed E-state index contributed by atoms with van der Waals surface area (Å²) in [5, 5.41) is 0. The molecular formula is C21H38O3. The summed E-state index contributed by atoms with van der Waals surface area (Å²) in [7, 11) is 0. The number of hydrogen-bond acceptors (Lipinski definition) is 3. The van der Waals surface area contributed by atoms with Crippen molar-refractivity contribution in [2.75, 3.05) is 33.0 Å². The first-order valence-electron chi connectivity index (χ1n) is 10.5. The molecule has 0 aromatic heterocycles. The molecule has 24 heavy (non-hydrogen) atoms. The van der Waals surface area contributed by atoms with Crippen molar-refractivity contribution in [2.24, 2.45) is 23.2 Å². The highest BCUT2D eigenvalue weighted by Crippen LogP contribution is 2.62. The molecule has 0 aliphatic heterocycles. The van der Waals surface area contributed by atoms with Crippen molar-refractivity contribution < 1.29 is 14.2 Å². The maximum absolute atomic E-state index is 6.47. The van der Waals surface area contributed by atoms with Gasteiger partial charge in [0.15, 0.2) is 0 Å². The standard InChI is InChI=1S/C21H38O3/c1-3-5-6-20(24-10-9-23-8-7-22-4-2)21-14-17-11-18(15-21)13-19(12-17)16-21/h17-20H,3-16H2,1-2H3. The summed E-state index contributed by atoms with van der Waals surface area (Å²) in [5.41, 5.74) is 0.509. The number of rotatable bonds is 12. The van der Waals surface area contributed by atoms with E-state index in [0.29, 0.717) is 31.3 Å². The summed E-state index contributed by atoms with van der Waals surface area (Å²) >= 11 is 0. The zero-order valence-corrected chi connectivity index (χ0v) is 15.9. The highest BCUT2D eigenvalue weighted by Gasteiger charge is 2.54. The van der Waals surface area contributed by atoms with E-state index in [0.717, 1.165) is 31.0 Å². The molecule has 0 N–H and O–H groups in total. The van der Waals surface area contributed by atoms with Gasteiger partial charge in [0.1, 0.15) is 0 Å². The molecule has 4 aliphatic rings. The van der Waals surface area contributed by atoms with Crippen LogP contribution in [-0.4, -0.2) is 39.1 Å². The van der Waals surface area contributed by atoms with E-state index in [1.165, 1.54) is 57.8 Å². The van der Waals surface area contributed by atoms with Gasteiger partial charge in [0.2, 0.25) is 0 Å². The Bertz CT molecular complexity index is 333. The Hall–Kier alpha value is -0.120. The SMILES string of the molecule is CCCCC(OCCOCCOCC)C12CC3CC(CC(C3)C1)C2. The minimum atomic E-state index is 0.473. The van der Waals surface area contributed by atoms with E-state index in [4.69, 9.17) is 14.2 Å². The van der Waals surface area contributed by atoms with Gasteiger partial charge in [0.05, 0.1) is 32.5 Å². The number of ether oxygens (including phenoxy) is 3. The third kappa shape index (κ3) is 4.53. The van der Waals surface area contributed by atoms with Crippen LogP contribution in [0.3, 0.4) is 0 Å². The molecule has 4 fully saturated rings. The minimum absolute atomic E-state index is 0.473. The third-order valence-corrected chi connectivity index (χ3v) is 6.71. The van der Waals surface area contributed by atoms with Gasteiger partial charge in [0.25, 0.3) is 0 Å². The van der Waals surface area contributed by atoms with E-state index in [-0.39, 0.29) is 0 Å². The average Bonchev–Trinajstić information content (AvgIpc) is 2.55. The lowest BCUT2D eigenvalue weighted by molar-refractivity contribution is -0.150. The van der Waals surface area contributed by atoms with E-state index < -0.39 is 0 Å². The van der Waals surface area contributed by atoms with Gasteiger partial charge >= 0.3 is 0 Å². The number of hydrogen-bond donors (Lipinski definition) is 0. The van der Waals surface area contributed by atoms with Gasteiger partial charge in [-0.1, -0.05) is 19.8 Å². The minimum Gasteiger partial charge on any atom is -0.379 e. The molecule has 0 aromatic carbocycles. The lowest BCUT2D eigenvalue weighted by Crippen LogP contribution is -2.52. The summed E-state index contributed by atoms with van der Waals surface area (Å²) in [4.78, 5) is 0. The van der Waals surface area contributed by atoms with Crippen molar-refractivity contribution in [3.8, 4) is 0 Å². The van der Waals surface area contributed by atoms with Crippen molar-refractivity contribution in [3.05, 3.63) is 0 Å². The fourth-order valence-corrected chi connectivity index (χ4v) is 6.14. The maximum atomic E-state index is 6.47. The molecule has 3 nitrogen and oxygen atoms in total. The molecule has 4 aliphatic carbocycles. The Kier molecular flexibility index (Phi) is 7.00. The lowest BCUT2D eigenvalue weighted by Gasteiger charge is -2.59. The molecule has 0 aromatic rings. The van der Waals surface area contributed by atoms with Crippen LogP contribution in [0, 0.1) is 23.2 Å². The maximum Gasteiger partial charge on any atom is 0.0704 e. The van der Waals surface area contributed by atoms with Crippen molar-refractivity contribution >= 4 is 0 Å². The highest BCUT2D eigenvalue weighted by molar-refractivity contribution is 5.04. The van der Waals surface area contributed by atoms with E-state index >= 15 is 0 Å². The molecule has 140 valence electrons. The molecule has 4 bridgehead atoms. The van der Waals surface area contributed by atoms with Gasteiger partial charge in [0, 0.05) is 6.61 Å². The fourth-order valence-electron chi connectivity index (χ4n) is 6.14. The van der Waals surface area contributed by atoms with E-state index in [2.05, 4.69) is 6.92 Å². The molecule has 1 unspecified atom stereocenters. The second kappa shape index (κ2) is 9.00. The second-order valence-corrected chi connectivity index (χ2v) is 8.59. The second-order valence-electron chi connectivity index (χ2n) is 8.59. The summed E-state index contributed by atoms with van der Waals surface area (Å²) in [5.74, 6) is 3.02. The van der Waals surface area contributed by atoms with Gasteiger partial charge in [-0.2, -0.15) is 0 Å². The zero-order chi connectivity index (χ0) is 16.8. The fraction of sp³-hybridized carbons (Fsp3) is 1.00.